The summed E-state index contributed by atoms with van der Waals surface area (Å²) in [7, 11) is 0. The molecule has 1 aromatic carbocycles. The van der Waals surface area contributed by atoms with E-state index in [0.29, 0.717) is 0 Å². The molecule has 2 aromatic rings. The van der Waals surface area contributed by atoms with Crippen molar-refractivity contribution in [3.05, 3.63) is 51.9 Å². The number of benzene rings is 1. The van der Waals surface area contributed by atoms with Crippen LogP contribution in [0.4, 0.5) is 5.69 Å². The average molecular weight is 298 g/mol. The van der Waals surface area contributed by atoms with E-state index in [9.17, 15) is 0 Å². The summed E-state index contributed by atoms with van der Waals surface area (Å²) in [5, 5.41) is 3.36. The average Bonchev–Trinajstić information content (AvgIpc) is 2.67. The first-order valence-corrected chi connectivity index (χ1v) is 5.53. The Morgan fingerprint density at radius 2 is 2.21 bits per heavy atom. The van der Waals surface area contributed by atoms with Crippen molar-refractivity contribution < 1.29 is 0 Å². The number of aromatic amines is 1. The fraction of sp³-hybridized carbons (Fsp3) is 0.0909. The monoisotopic (exact) mass is 298 g/mol. The van der Waals surface area contributed by atoms with Gasteiger partial charge in [-0.3, -0.25) is 0 Å². The number of hydrogen-bond donors (Lipinski definition) is 2. The van der Waals surface area contributed by atoms with Crippen molar-refractivity contribution in [2.45, 2.75) is 6.54 Å². The fourth-order valence-electron chi connectivity index (χ4n) is 1.27. The summed E-state index contributed by atoms with van der Waals surface area (Å²) < 4.78 is 1.25. The molecule has 72 valence electrons. The van der Waals surface area contributed by atoms with Gasteiger partial charge in [-0.2, -0.15) is 0 Å². The topological polar surface area (TPSA) is 27.8 Å². The third kappa shape index (κ3) is 2.51. The number of halogens is 1. The minimum atomic E-state index is 0.865. The highest BCUT2D eigenvalue weighted by molar-refractivity contribution is 14.1. The number of anilines is 1. The first kappa shape index (κ1) is 9.58. The number of aromatic nitrogens is 1. The smallest absolute Gasteiger partial charge is 0.0415 e. The van der Waals surface area contributed by atoms with E-state index in [4.69, 9.17) is 0 Å². The van der Waals surface area contributed by atoms with Crippen LogP contribution >= 0.6 is 22.6 Å². The van der Waals surface area contributed by atoms with Gasteiger partial charge >= 0.3 is 0 Å². The zero-order valence-corrected chi connectivity index (χ0v) is 9.78. The Bertz CT molecular complexity index is 395. The Hall–Kier alpha value is -0.970. The Kier molecular flexibility index (Phi) is 3.08. The molecular weight excluding hydrogens is 287 g/mol. The van der Waals surface area contributed by atoms with E-state index in [1.807, 2.05) is 12.4 Å². The molecule has 0 spiro atoms. The lowest BCUT2D eigenvalue weighted by molar-refractivity contribution is 1.15. The molecule has 0 unspecified atom stereocenters. The molecule has 2 rings (SSSR count). The second-order valence-electron chi connectivity index (χ2n) is 3.08. The van der Waals surface area contributed by atoms with Crippen LogP contribution in [0.5, 0.6) is 0 Å². The Morgan fingerprint density at radius 1 is 1.29 bits per heavy atom. The van der Waals surface area contributed by atoms with Gasteiger partial charge in [-0.15, -0.1) is 0 Å². The molecule has 0 bridgehead atoms. The lowest BCUT2D eigenvalue weighted by atomic mass is 10.3. The third-order valence-corrected chi connectivity index (χ3v) is 2.65. The van der Waals surface area contributed by atoms with Crippen LogP contribution in [0.25, 0.3) is 0 Å². The second-order valence-corrected chi connectivity index (χ2v) is 4.33. The van der Waals surface area contributed by atoms with Crippen LogP contribution in [-0.4, -0.2) is 4.98 Å². The third-order valence-electron chi connectivity index (χ3n) is 1.98. The van der Waals surface area contributed by atoms with E-state index in [1.54, 1.807) is 0 Å². The van der Waals surface area contributed by atoms with Crippen LogP contribution in [0.3, 0.4) is 0 Å². The van der Waals surface area contributed by atoms with E-state index < -0.39 is 0 Å². The van der Waals surface area contributed by atoms with Gasteiger partial charge in [-0.05, 0) is 52.4 Å². The summed E-state index contributed by atoms with van der Waals surface area (Å²) in [5.74, 6) is 0. The maximum Gasteiger partial charge on any atom is 0.0415 e. The van der Waals surface area contributed by atoms with Crippen molar-refractivity contribution in [2.75, 3.05) is 5.32 Å². The van der Waals surface area contributed by atoms with Gasteiger partial charge in [0.25, 0.3) is 0 Å². The molecule has 0 saturated carbocycles. The molecule has 14 heavy (non-hydrogen) atoms. The fourth-order valence-corrected chi connectivity index (χ4v) is 1.81. The van der Waals surface area contributed by atoms with Crippen LogP contribution in [0.1, 0.15) is 5.56 Å². The standard InChI is InChI=1S/C11H11IN2/c12-10-2-1-3-11(6-10)14-8-9-4-5-13-7-9/h1-7,13-14H,8H2. The quantitative estimate of drug-likeness (QED) is 0.837. The molecule has 0 aliphatic rings. The summed E-state index contributed by atoms with van der Waals surface area (Å²) in [4.78, 5) is 3.04. The molecule has 0 amide bonds. The summed E-state index contributed by atoms with van der Waals surface area (Å²) in [6.07, 6.45) is 3.94. The molecule has 1 heterocycles. The molecule has 0 fully saturated rings. The van der Waals surface area contributed by atoms with Crippen molar-refractivity contribution in [2.24, 2.45) is 0 Å². The van der Waals surface area contributed by atoms with Crippen molar-refractivity contribution in [1.29, 1.82) is 0 Å². The first-order chi connectivity index (χ1) is 6.84. The number of rotatable bonds is 3. The van der Waals surface area contributed by atoms with E-state index in [2.05, 4.69) is 63.2 Å². The lowest BCUT2D eigenvalue weighted by Crippen LogP contribution is -1.97. The van der Waals surface area contributed by atoms with Gasteiger partial charge in [-0.1, -0.05) is 6.07 Å². The molecular formula is C11H11IN2. The maximum atomic E-state index is 3.36. The van der Waals surface area contributed by atoms with E-state index in [0.717, 1.165) is 12.2 Å². The zero-order valence-electron chi connectivity index (χ0n) is 7.63. The van der Waals surface area contributed by atoms with Gasteiger partial charge < -0.3 is 10.3 Å². The number of nitrogens with one attached hydrogen (secondary N) is 2. The molecule has 0 aliphatic heterocycles. The summed E-state index contributed by atoms with van der Waals surface area (Å²) in [6.45, 7) is 0.865. The predicted molar refractivity (Wildman–Crippen MR) is 67.3 cm³/mol. The molecule has 2 nitrogen and oxygen atoms in total. The van der Waals surface area contributed by atoms with E-state index in [1.165, 1.54) is 9.13 Å². The molecule has 0 saturated heterocycles. The molecule has 3 heteroatoms. The van der Waals surface area contributed by atoms with Crippen molar-refractivity contribution in [3.8, 4) is 0 Å². The highest BCUT2D eigenvalue weighted by Crippen LogP contribution is 2.13. The number of H-pyrrole nitrogens is 1. The summed E-state index contributed by atoms with van der Waals surface area (Å²) in [6, 6.07) is 10.4. The normalized spacial score (nSPS) is 10.1. The summed E-state index contributed by atoms with van der Waals surface area (Å²) in [5.41, 5.74) is 2.43. The first-order valence-electron chi connectivity index (χ1n) is 4.46. The molecule has 0 radical (unpaired) electrons. The van der Waals surface area contributed by atoms with E-state index in [-0.39, 0.29) is 0 Å². The van der Waals surface area contributed by atoms with Crippen LogP contribution in [0.15, 0.2) is 42.7 Å². The van der Waals surface area contributed by atoms with Gasteiger partial charge in [0.15, 0.2) is 0 Å². The minimum Gasteiger partial charge on any atom is -0.381 e. The highest BCUT2D eigenvalue weighted by Gasteiger charge is 1.94. The number of hydrogen-bond acceptors (Lipinski definition) is 1. The van der Waals surface area contributed by atoms with Crippen LogP contribution in [0, 0.1) is 3.57 Å². The zero-order chi connectivity index (χ0) is 9.80. The van der Waals surface area contributed by atoms with Crippen molar-refractivity contribution in [3.63, 3.8) is 0 Å². The predicted octanol–water partition coefficient (Wildman–Crippen LogP) is 3.23. The van der Waals surface area contributed by atoms with Crippen LogP contribution in [-0.2, 0) is 6.54 Å². The lowest BCUT2D eigenvalue weighted by Gasteiger charge is -2.04. The van der Waals surface area contributed by atoms with Gasteiger partial charge in [0.2, 0.25) is 0 Å². The van der Waals surface area contributed by atoms with Crippen LogP contribution < -0.4 is 5.32 Å². The van der Waals surface area contributed by atoms with Gasteiger partial charge in [0.1, 0.15) is 0 Å². The Morgan fingerprint density at radius 3 is 2.93 bits per heavy atom. The van der Waals surface area contributed by atoms with E-state index >= 15 is 0 Å². The molecule has 1 aromatic heterocycles. The van der Waals surface area contributed by atoms with Gasteiger partial charge in [0.05, 0.1) is 0 Å². The maximum absolute atomic E-state index is 3.36. The molecule has 2 N–H and O–H groups in total. The van der Waals surface area contributed by atoms with Crippen LogP contribution in [0.2, 0.25) is 0 Å². The van der Waals surface area contributed by atoms with Gasteiger partial charge in [0, 0.05) is 28.2 Å². The minimum absolute atomic E-state index is 0.865. The molecule has 0 atom stereocenters. The van der Waals surface area contributed by atoms with Crippen molar-refractivity contribution >= 4 is 28.3 Å². The second kappa shape index (κ2) is 4.50. The summed E-state index contributed by atoms with van der Waals surface area (Å²) >= 11 is 2.31. The largest absolute Gasteiger partial charge is 0.381 e. The van der Waals surface area contributed by atoms with Crippen molar-refractivity contribution in [1.82, 2.24) is 4.98 Å². The SMILES string of the molecule is Ic1cccc(NCc2cc[nH]c2)c1. The molecule has 0 aliphatic carbocycles. The Balaban J connectivity index is 1.98. The Labute approximate surface area is 96.9 Å². The van der Waals surface area contributed by atoms with Gasteiger partial charge in [-0.25, -0.2) is 0 Å². The highest BCUT2D eigenvalue weighted by atomic mass is 127.